The van der Waals surface area contributed by atoms with Gasteiger partial charge in [-0.3, -0.25) is 9.69 Å². The van der Waals surface area contributed by atoms with Crippen LogP contribution < -0.4 is 10.2 Å². The van der Waals surface area contributed by atoms with Gasteiger partial charge in [-0.05, 0) is 70.6 Å². The maximum atomic E-state index is 13.0. The van der Waals surface area contributed by atoms with Crippen LogP contribution in [0.15, 0.2) is 45.9 Å². The number of carbonyl (C=O) groups excluding carboxylic acids is 1. The van der Waals surface area contributed by atoms with Gasteiger partial charge in [0.25, 0.3) is 5.91 Å². The van der Waals surface area contributed by atoms with E-state index in [0.717, 1.165) is 8.66 Å². The van der Waals surface area contributed by atoms with E-state index in [0.29, 0.717) is 11.4 Å². The van der Waals surface area contributed by atoms with Crippen LogP contribution in [0, 0.1) is 5.82 Å². The normalized spacial score (nSPS) is 16.7. The molecule has 1 saturated heterocycles. The summed E-state index contributed by atoms with van der Waals surface area (Å²) in [7, 11) is 0. The topological polar surface area (TPSA) is 32.3 Å². The van der Waals surface area contributed by atoms with Crippen molar-refractivity contribution in [2.24, 2.45) is 0 Å². The second-order valence-corrected chi connectivity index (χ2v) is 7.13. The molecule has 0 saturated carbocycles. The van der Waals surface area contributed by atoms with Crippen molar-refractivity contribution in [1.29, 1.82) is 0 Å². The minimum atomic E-state index is -0.358. The summed E-state index contributed by atoms with van der Waals surface area (Å²) in [6.07, 6.45) is 1.74. The van der Waals surface area contributed by atoms with Crippen molar-refractivity contribution < 1.29 is 9.18 Å². The Morgan fingerprint density at radius 1 is 1.24 bits per heavy atom. The quantitative estimate of drug-likeness (QED) is 0.631. The van der Waals surface area contributed by atoms with Crippen LogP contribution in [-0.4, -0.2) is 11.0 Å². The van der Waals surface area contributed by atoms with Gasteiger partial charge in [0.15, 0.2) is 5.11 Å². The molecule has 0 bridgehead atoms. The summed E-state index contributed by atoms with van der Waals surface area (Å²) in [4.78, 5) is 14.7. The molecule has 1 aliphatic heterocycles. The lowest BCUT2D eigenvalue weighted by atomic mass is 10.2. The van der Waals surface area contributed by atoms with Crippen LogP contribution in [0.3, 0.4) is 0 Å². The molecule has 0 radical (unpaired) electrons. The molecular formula is C14H8BrFN2OS2. The third kappa shape index (κ3) is 2.90. The SMILES string of the molecule is O=C1C(=Cc2ccc(Br)s2)NC(=S)N1c1ccc(F)cc1. The van der Waals surface area contributed by atoms with Crippen LogP contribution in [-0.2, 0) is 4.79 Å². The number of halogens is 2. The van der Waals surface area contributed by atoms with Crippen molar-refractivity contribution in [2.75, 3.05) is 4.90 Å². The largest absolute Gasteiger partial charge is 0.327 e. The van der Waals surface area contributed by atoms with Gasteiger partial charge >= 0.3 is 0 Å². The number of hydrogen-bond acceptors (Lipinski definition) is 3. The molecule has 0 atom stereocenters. The fourth-order valence-electron chi connectivity index (χ4n) is 1.91. The number of thiophene rings is 1. The zero-order valence-corrected chi connectivity index (χ0v) is 13.7. The highest BCUT2D eigenvalue weighted by Crippen LogP contribution is 2.26. The van der Waals surface area contributed by atoms with E-state index < -0.39 is 0 Å². The molecule has 7 heteroatoms. The van der Waals surface area contributed by atoms with Crippen molar-refractivity contribution in [3.63, 3.8) is 0 Å². The first-order chi connectivity index (χ1) is 10.0. The molecule has 0 spiro atoms. The first-order valence-electron chi connectivity index (χ1n) is 5.92. The van der Waals surface area contributed by atoms with E-state index in [2.05, 4.69) is 21.2 Å². The molecule has 3 nitrogen and oxygen atoms in total. The van der Waals surface area contributed by atoms with E-state index >= 15 is 0 Å². The number of nitrogens with zero attached hydrogens (tertiary/aromatic N) is 1. The van der Waals surface area contributed by atoms with Gasteiger partial charge in [0.2, 0.25) is 0 Å². The minimum absolute atomic E-state index is 0.254. The number of anilines is 1. The summed E-state index contributed by atoms with van der Waals surface area (Å²) in [5, 5.41) is 3.18. The molecule has 1 aliphatic rings. The second-order valence-electron chi connectivity index (χ2n) is 4.25. The van der Waals surface area contributed by atoms with Crippen molar-refractivity contribution in [3.8, 4) is 0 Å². The Hall–Kier alpha value is -1.57. The van der Waals surface area contributed by atoms with Crippen molar-refractivity contribution in [2.45, 2.75) is 0 Å². The molecular weight excluding hydrogens is 375 g/mol. The van der Waals surface area contributed by atoms with Crippen LogP contribution in [0.4, 0.5) is 10.1 Å². The lowest BCUT2D eigenvalue weighted by molar-refractivity contribution is -0.113. The van der Waals surface area contributed by atoms with Gasteiger partial charge in [-0.2, -0.15) is 0 Å². The Balaban J connectivity index is 1.92. The third-order valence-electron chi connectivity index (χ3n) is 2.84. The summed E-state index contributed by atoms with van der Waals surface area (Å²) >= 11 is 10.1. The Bertz CT molecular complexity index is 755. The van der Waals surface area contributed by atoms with Gasteiger partial charge < -0.3 is 5.32 Å². The molecule has 0 unspecified atom stereocenters. The van der Waals surface area contributed by atoms with Crippen molar-refractivity contribution in [3.05, 3.63) is 56.6 Å². The molecule has 2 aromatic rings. The summed E-state index contributed by atoms with van der Waals surface area (Å²) in [6.45, 7) is 0. The predicted molar refractivity (Wildman–Crippen MR) is 89.6 cm³/mol. The molecule has 3 rings (SSSR count). The van der Waals surface area contributed by atoms with Gasteiger partial charge in [-0.15, -0.1) is 11.3 Å². The van der Waals surface area contributed by atoms with Crippen LogP contribution in [0.5, 0.6) is 0 Å². The Labute approximate surface area is 138 Å². The number of benzene rings is 1. The van der Waals surface area contributed by atoms with Crippen LogP contribution >= 0.6 is 39.5 Å². The number of rotatable bonds is 2. The first kappa shape index (κ1) is 14.4. The monoisotopic (exact) mass is 382 g/mol. The highest BCUT2D eigenvalue weighted by atomic mass is 79.9. The molecule has 1 aromatic heterocycles. The van der Waals surface area contributed by atoms with Crippen LogP contribution in [0.2, 0.25) is 0 Å². The summed E-state index contributed by atoms with van der Waals surface area (Å²) in [5.41, 5.74) is 0.938. The minimum Gasteiger partial charge on any atom is -0.327 e. The van der Waals surface area contributed by atoms with Gasteiger partial charge in [0.05, 0.1) is 9.47 Å². The summed E-state index contributed by atoms with van der Waals surface area (Å²) in [6, 6.07) is 9.44. The van der Waals surface area contributed by atoms with Gasteiger partial charge in [-0.1, -0.05) is 0 Å². The number of hydrogen-bond donors (Lipinski definition) is 1. The Morgan fingerprint density at radius 3 is 2.57 bits per heavy atom. The average molecular weight is 383 g/mol. The molecule has 1 aromatic carbocycles. The third-order valence-corrected chi connectivity index (χ3v) is 4.70. The number of amides is 1. The van der Waals surface area contributed by atoms with E-state index in [9.17, 15) is 9.18 Å². The highest BCUT2D eigenvalue weighted by Gasteiger charge is 2.31. The summed E-state index contributed by atoms with van der Waals surface area (Å²) in [5.74, 6) is -0.611. The van der Waals surface area contributed by atoms with Gasteiger partial charge in [0, 0.05) is 4.88 Å². The molecule has 2 heterocycles. The molecule has 106 valence electrons. The number of nitrogens with one attached hydrogen (secondary N) is 1. The van der Waals surface area contributed by atoms with Crippen LogP contribution in [0.1, 0.15) is 4.88 Å². The molecule has 1 amide bonds. The predicted octanol–water partition coefficient (Wildman–Crippen LogP) is 3.91. The van der Waals surface area contributed by atoms with E-state index in [1.54, 1.807) is 6.08 Å². The molecule has 0 aliphatic carbocycles. The Kier molecular flexibility index (Phi) is 3.88. The first-order valence-corrected chi connectivity index (χ1v) is 7.94. The number of carbonyl (C=O) groups is 1. The lowest BCUT2D eigenvalue weighted by Crippen LogP contribution is -2.30. The second kappa shape index (κ2) is 5.67. The number of thiocarbonyl (C=S) groups is 1. The fraction of sp³-hybridized carbons (Fsp3) is 0. The fourth-order valence-corrected chi connectivity index (χ4v) is 3.57. The molecule has 21 heavy (non-hydrogen) atoms. The van der Waals surface area contributed by atoms with Gasteiger partial charge in [0.1, 0.15) is 11.5 Å². The zero-order valence-electron chi connectivity index (χ0n) is 10.5. The van der Waals surface area contributed by atoms with Crippen molar-refractivity contribution in [1.82, 2.24) is 5.32 Å². The van der Waals surface area contributed by atoms with E-state index in [4.69, 9.17) is 12.2 Å². The smallest absolute Gasteiger partial charge is 0.281 e. The zero-order chi connectivity index (χ0) is 15.0. The van der Waals surface area contributed by atoms with E-state index in [1.165, 1.54) is 40.5 Å². The average Bonchev–Trinajstić information content (AvgIpc) is 2.96. The summed E-state index contributed by atoms with van der Waals surface area (Å²) < 4.78 is 14.0. The maximum absolute atomic E-state index is 13.0. The van der Waals surface area contributed by atoms with E-state index in [-0.39, 0.29) is 16.8 Å². The maximum Gasteiger partial charge on any atom is 0.281 e. The van der Waals surface area contributed by atoms with Crippen molar-refractivity contribution >= 4 is 62.3 Å². The molecule has 1 fully saturated rings. The highest BCUT2D eigenvalue weighted by molar-refractivity contribution is 9.11. The van der Waals surface area contributed by atoms with Crippen LogP contribution in [0.25, 0.3) is 6.08 Å². The van der Waals surface area contributed by atoms with E-state index in [1.807, 2.05) is 12.1 Å². The standard InChI is InChI=1S/C14H8BrFN2OS2/c15-12-6-5-10(21-12)7-11-13(19)18(14(20)17-11)9-3-1-8(16)2-4-9/h1-7H,(H,17,20). The lowest BCUT2D eigenvalue weighted by Gasteiger charge is -2.13. The van der Waals surface area contributed by atoms with Gasteiger partial charge in [-0.25, -0.2) is 4.39 Å². The molecule has 1 N–H and O–H groups in total. The Morgan fingerprint density at radius 2 is 1.95 bits per heavy atom.